The van der Waals surface area contributed by atoms with E-state index in [1.54, 1.807) is 0 Å². The van der Waals surface area contributed by atoms with Crippen molar-refractivity contribution < 1.29 is 8.91 Å². The van der Waals surface area contributed by atoms with Gasteiger partial charge in [0.1, 0.15) is 15.9 Å². The van der Waals surface area contributed by atoms with Crippen molar-refractivity contribution in [3.63, 3.8) is 0 Å². The molecule has 0 amide bonds. The molecule has 0 saturated heterocycles. The Morgan fingerprint density at radius 1 is 1.33 bits per heavy atom. The van der Waals surface area contributed by atoms with Crippen molar-refractivity contribution in [2.45, 2.75) is 45.4 Å². The zero-order valence-corrected chi connectivity index (χ0v) is 11.7. The average molecular weight is 204 g/mol. The summed E-state index contributed by atoms with van der Waals surface area (Å²) in [5.74, 6) is 0. The lowest BCUT2D eigenvalue weighted by molar-refractivity contribution is -0.112. The molecule has 0 fully saturated rings. The minimum Gasteiger partial charge on any atom is -0.463 e. The van der Waals surface area contributed by atoms with Crippen LogP contribution in [0.5, 0.6) is 0 Å². The lowest BCUT2D eigenvalue weighted by Crippen LogP contribution is -2.10. The Labute approximate surface area is 80.6 Å². The van der Waals surface area contributed by atoms with E-state index in [1.807, 2.05) is 0 Å². The zero-order valence-electron chi connectivity index (χ0n) is 8.27. The van der Waals surface area contributed by atoms with Crippen molar-refractivity contribution in [2.24, 2.45) is 0 Å². The van der Waals surface area contributed by atoms with E-state index < -0.39 is 9.76 Å². The van der Waals surface area contributed by atoms with Crippen LogP contribution in [0.1, 0.15) is 45.4 Å². The van der Waals surface area contributed by atoms with Crippen molar-refractivity contribution in [3.8, 4) is 0 Å². The highest BCUT2D eigenvalue weighted by Crippen LogP contribution is 2.04. The van der Waals surface area contributed by atoms with Crippen LogP contribution in [-0.2, 0) is 8.91 Å². The molecule has 12 heavy (non-hydrogen) atoms. The van der Waals surface area contributed by atoms with Gasteiger partial charge in [0.05, 0.1) is 0 Å². The molecular weight excluding hydrogens is 184 g/mol. The summed E-state index contributed by atoms with van der Waals surface area (Å²) in [6.07, 6.45) is 6.94. The Morgan fingerprint density at radius 3 is 2.58 bits per heavy atom. The van der Waals surface area contributed by atoms with Gasteiger partial charge in [0, 0.05) is 6.42 Å². The molecule has 0 rings (SSSR count). The van der Waals surface area contributed by atoms with Crippen molar-refractivity contribution in [1.29, 1.82) is 0 Å². The summed E-state index contributed by atoms with van der Waals surface area (Å²) < 4.78 is 5.01. The fraction of sp³-hybridized carbons (Fsp3) is 0.875. The van der Waals surface area contributed by atoms with E-state index in [2.05, 4.69) is 6.92 Å². The van der Waals surface area contributed by atoms with Crippen LogP contribution < -0.4 is 0 Å². The summed E-state index contributed by atoms with van der Waals surface area (Å²) in [5, 5.41) is 0.404. The van der Waals surface area contributed by atoms with Crippen molar-refractivity contribution >= 4 is 25.7 Å². The van der Waals surface area contributed by atoms with Gasteiger partial charge in [-0.05, 0) is 6.42 Å². The highest BCUT2D eigenvalue weighted by molar-refractivity contribution is 6.70. The van der Waals surface area contributed by atoms with Gasteiger partial charge in [-0.15, -0.1) is 0 Å². The number of hydrogen-bond acceptors (Lipinski definition) is 2. The standard InChI is InChI=1S/C8H20O2Si2/c1-2-3-4-5-6-7-8(9)12-10-11/h2-7,12H2,1,11H3. The van der Waals surface area contributed by atoms with Crippen LogP contribution in [0.4, 0.5) is 0 Å². The van der Waals surface area contributed by atoms with Crippen molar-refractivity contribution in [2.75, 3.05) is 0 Å². The van der Waals surface area contributed by atoms with E-state index in [9.17, 15) is 4.79 Å². The Hall–Kier alpha value is 0.0638. The third-order valence-corrected chi connectivity index (χ3v) is 3.69. The molecule has 0 unspecified atom stereocenters. The van der Waals surface area contributed by atoms with Gasteiger partial charge in [0.15, 0.2) is 0 Å². The summed E-state index contributed by atoms with van der Waals surface area (Å²) in [6.45, 7) is 2.20. The molecule has 0 aromatic rings. The molecule has 2 nitrogen and oxygen atoms in total. The molecule has 0 aromatic carbocycles. The van der Waals surface area contributed by atoms with Gasteiger partial charge in [0.25, 0.3) is 0 Å². The Balaban J connectivity index is 3.03. The van der Waals surface area contributed by atoms with E-state index in [1.165, 1.54) is 25.7 Å². The molecule has 0 atom stereocenters. The van der Waals surface area contributed by atoms with Crippen LogP contribution in [0.15, 0.2) is 0 Å². The quantitative estimate of drug-likeness (QED) is 0.419. The number of rotatable bonds is 8. The van der Waals surface area contributed by atoms with Crippen LogP contribution in [-0.4, -0.2) is 25.7 Å². The van der Waals surface area contributed by atoms with Crippen molar-refractivity contribution in [3.05, 3.63) is 0 Å². The van der Waals surface area contributed by atoms with Crippen LogP contribution in [0.3, 0.4) is 0 Å². The van der Waals surface area contributed by atoms with E-state index in [0.29, 0.717) is 5.41 Å². The molecule has 0 aliphatic heterocycles. The first-order valence-corrected chi connectivity index (χ1v) is 6.92. The molecular formula is C8H20O2Si2. The number of carbonyl (C=O) groups is 1. The summed E-state index contributed by atoms with van der Waals surface area (Å²) >= 11 is 0. The number of carbonyl (C=O) groups excluding carboxylic acids is 1. The molecule has 0 aromatic heterocycles. The molecule has 0 saturated carbocycles. The smallest absolute Gasteiger partial charge is 0.221 e. The molecule has 0 aliphatic carbocycles. The van der Waals surface area contributed by atoms with Gasteiger partial charge < -0.3 is 8.91 Å². The summed E-state index contributed by atoms with van der Waals surface area (Å²) in [6, 6.07) is 0. The SMILES string of the molecule is CCCCCCCC(=O)[SiH2]O[SiH3]. The molecule has 0 radical (unpaired) electrons. The zero-order chi connectivity index (χ0) is 9.23. The Bertz CT molecular complexity index is 118. The van der Waals surface area contributed by atoms with E-state index >= 15 is 0 Å². The van der Waals surface area contributed by atoms with Gasteiger partial charge in [-0.2, -0.15) is 0 Å². The highest BCUT2D eigenvalue weighted by atomic mass is 28.3. The van der Waals surface area contributed by atoms with E-state index in [0.717, 1.165) is 23.3 Å². The van der Waals surface area contributed by atoms with Gasteiger partial charge in [-0.3, -0.25) is 0 Å². The second-order valence-electron chi connectivity index (χ2n) is 3.14. The first-order chi connectivity index (χ1) is 5.81. The molecule has 0 heterocycles. The Morgan fingerprint density at radius 2 is 2.00 bits per heavy atom. The molecule has 0 bridgehead atoms. The monoisotopic (exact) mass is 204 g/mol. The molecule has 0 spiro atoms. The third kappa shape index (κ3) is 8.16. The minimum atomic E-state index is -0.771. The predicted molar refractivity (Wildman–Crippen MR) is 58.0 cm³/mol. The van der Waals surface area contributed by atoms with Crippen LogP contribution in [0.2, 0.25) is 0 Å². The van der Waals surface area contributed by atoms with Gasteiger partial charge >= 0.3 is 0 Å². The summed E-state index contributed by atoms with van der Waals surface area (Å²) in [5.41, 5.74) is 0. The average Bonchev–Trinajstić information content (AvgIpc) is 2.05. The summed E-state index contributed by atoms with van der Waals surface area (Å²) in [7, 11) is -0.0322. The fourth-order valence-corrected chi connectivity index (χ4v) is 2.84. The van der Waals surface area contributed by atoms with E-state index in [4.69, 9.17) is 4.12 Å². The predicted octanol–water partition coefficient (Wildman–Crippen LogP) is 0.254. The van der Waals surface area contributed by atoms with E-state index in [-0.39, 0.29) is 0 Å². The molecule has 0 aliphatic rings. The number of hydrogen-bond donors (Lipinski definition) is 0. The minimum absolute atomic E-state index is 0.404. The third-order valence-electron chi connectivity index (χ3n) is 1.86. The maximum absolute atomic E-state index is 11.0. The lowest BCUT2D eigenvalue weighted by atomic mass is 10.1. The molecule has 4 heteroatoms. The summed E-state index contributed by atoms with van der Waals surface area (Å²) in [4.78, 5) is 11.0. The first-order valence-electron chi connectivity index (χ1n) is 4.82. The fourth-order valence-electron chi connectivity index (χ4n) is 1.16. The second-order valence-corrected chi connectivity index (χ2v) is 6.52. The lowest BCUT2D eigenvalue weighted by Gasteiger charge is -1.99. The normalized spacial score (nSPS) is 11.4. The van der Waals surface area contributed by atoms with Crippen LogP contribution >= 0.6 is 0 Å². The maximum Gasteiger partial charge on any atom is 0.221 e. The number of unbranched alkanes of at least 4 members (excludes halogenated alkanes) is 4. The van der Waals surface area contributed by atoms with Gasteiger partial charge in [-0.1, -0.05) is 32.6 Å². The van der Waals surface area contributed by atoms with Crippen molar-refractivity contribution in [1.82, 2.24) is 0 Å². The second kappa shape index (κ2) is 9.15. The topological polar surface area (TPSA) is 26.3 Å². The molecule has 0 N–H and O–H groups in total. The highest BCUT2D eigenvalue weighted by Gasteiger charge is 2.00. The first kappa shape index (κ1) is 12.1. The maximum atomic E-state index is 11.0. The van der Waals surface area contributed by atoms with Gasteiger partial charge in [0.2, 0.25) is 9.76 Å². The Kier molecular flexibility index (Phi) is 9.20. The van der Waals surface area contributed by atoms with Crippen LogP contribution in [0, 0.1) is 0 Å². The largest absolute Gasteiger partial charge is 0.463 e. The molecule has 72 valence electrons. The van der Waals surface area contributed by atoms with Crippen LogP contribution in [0.25, 0.3) is 0 Å². The van der Waals surface area contributed by atoms with Gasteiger partial charge in [-0.25, -0.2) is 0 Å².